The molecule has 1 amide bonds. The summed E-state index contributed by atoms with van der Waals surface area (Å²) in [5.74, 6) is -1.26. The maximum Gasteiger partial charge on any atom is 0.329 e. The van der Waals surface area contributed by atoms with Gasteiger partial charge in [-0.25, -0.2) is 4.79 Å². The Hall–Kier alpha value is -1.57. The van der Waals surface area contributed by atoms with E-state index in [1.165, 1.54) is 25.8 Å². The number of ketones is 1. The van der Waals surface area contributed by atoms with Crippen LogP contribution in [0, 0.1) is 11.8 Å². The lowest BCUT2D eigenvalue weighted by Crippen LogP contribution is -2.45. The van der Waals surface area contributed by atoms with Crippen molar-refractivity contribution in [1.82, 2.24) is 5.32 Å². The van der Waals surface area contributed by atoms with Crippen LogP contribution in [0.15, 0.2) is 0 Å². The van der Waals surface area contributed by atoms with Gasteiger partial charge in [0.25, 0.3) is 0 Å². The second-order valence-electron chi connectivity index (χ2n) is 4.95. The van der Waals surface area contributed by atoms with Crippen molar-refractivity contribution in [2.45, 2.75) is 26.3 Å². The van der Waals surface area contributed by atoms with Crippen LogP contribution in [0.1, 0.15) is 20.3 Å². The number of hydrogen-bond acceptors (Lipinski definition) is 7. The minimum atomic E-state index is -0.760. The van der Waals surface area contributed by atoms with Gasteiger partial charge in [-0.3, -0.25) is 14.4 Å². The summed E-state index contributed by atoms with van der Waals surface area (Å²) in [7, 11) is 1.24. The van der Waals surface area contributed by atoms with Crippen LogP contribution in [0.2, 0.25) is 0 Å². The number of thioether (sulfide) groups is 1. The largest absolute Gasteiger partial charge is 0.467 e. The predicted molar refractivity (Wildman–Crippen MR) is 80.2 cm³/mol. The highest BCUT2D eigenvalue weighted by Crippen LogP contribution is 2.34. The fraction of sp³-hybridized carbons (Fsp3) is 0.714. The number of Topliss-reactive ketones (excluding diaryl/α,β-unsaturated/α-hetero) is 1. The molecule has 1 saturated carbocycles. The summed E-state index contributed by atoms with van der Waals surface area (Å²) in [5, 5.41) is 2.49. The number of methoxy groups -OCH3 is 1. The van der Waals surface area contributed by atoms with E-state index in [1.807, 2.05) is 0 Å². The number of esters is 2. The van der Waals surface area contributed by atoms with Crippen LogP contribution < -0.4 is 5.32 Å². The van der Waals surface area contributed by atoms with Gasteiger partial charge in [0.15, 0.2) is 0 Å². The summed E-state index contributed by atoms with van der Waals surface area (Å²) in [5.41, 5.74) is 0. The molecule has 0 unspecified atom stereocenters. The lowest BCUT2D eigenvalue weighted by atomic mass is 9.73. The van der Waals surface area contributed by atoms with Gasteiger partial charge in [0.2, 0.25) is 5.91 Å². The highest BCUT2D eigenvalue weighted by Gasteiger charge is 2.45. The van der Waals surface area contributed by atoms with Crippen molar-refractivity contribution in [1.29, 1.82) is 0 Å². The fourth-order valence-electron chi connectivity index (χ4n) is 2.15. The zero-order valence-electron chi connectivity index (χ0n) is 12.9. The molecule has 0 aromatic heterocycles. The topological polar surface area (TPSA) is 98.8 Å². The van der Waals surface area contributed by atoms with E-state index in [0.717, 1.165) is 0 Å². The quantitative estimate of drug-likeness (QED) is 0.633. The first-order valence-corrected chi connectivity index (χ1v) is 8.18. The molecule has 0 aromatic carbocycles. The molecule has 7 nitrogen and oxygen atoms in total. The Bertz CT molecular complexity index is 453. The summed E-state index contributed by atoms with van der Waals surface area (Å²) in [6.07, 6.45) is 0.218. The van der Waals surface area contributed by atoms with Crippen molar-refractivity contribution in [2.24, 2.45) is 11.8 Å². The average molecular weight is 331 g/mol. The van der Waals surface area contributed by atoms with Crippen molar-refractivity contribution >= 4 is 35.4 Å². The Labute approximate surface area is 133 Å². The molecular weight excluding hydrogens is 310 g/mol. The molecule has 1 N–H and O–H groups in total. The monoisotopic (exact) mass is 331 g/mol. The van der Waals surface area contributed by atoms with Crippen LogP contribution in [0.3, 0.4) is 0 Å². The van der Waals surface area contributed by atoms with E-state index in [0.29, 0.717) is 5.75 Å². The van der Waals surface area contributed by atoms with Gasteiger partial charge < -0.3 is 14.8 Å². The summed E-state index contributed by atoms with van der Waals surface area (Å²) in [6.45, 7) is 3.32. The average Bonchev–Trinajstić information content (AvgIpc) is 2.46. The molecule has 8 heteroatoms. The molecule has 0 saturated heterocycles. The maximum absolute atomic E-state index is 11.7. The predicted octanol–water partition coefficient (Wildman–Crippen LogP) is 0.166. The molecule has 3 atom stereocenters. The van der Waals surface area contributed by atoms with E-state index in [-0.39, 0.29) is 42.4 Å². The summed E-state index contributed by atoms with van der Waals surface area (Å²) in [6, 6.07) is -0.760. The molecule has 0 spiro atoms. The van der Waals surface area contributed by atoms with Crippen molar-refractivity contribution in [3.63, 3.8) is 0 Å². The number of carbonyl (C=O) groups excluding carboxylic acids is 4. The van der Waals surface area contributed by atoms with Crippen molar-refractivity contribution in [3.05, 3.63) is 0 Å². The minimum Gasteiger partial charge on any atom is -0.467 e. The number of nitrogens with one attached hydrogen (secondary N) is 1. The normalized spacial score (nSPS) is 21.5. The van der Waals surface area contributed by atoms with E-state index in [2.05, 4.69) is 10.1 Å². The molecule has 0 radical (unpaired) electrons. The number of ether oxygens (including phenoxy) is 2. The standard InChI is InChI=1S/C14H21NO6S/c1-4-21-13(18)9-5-12(17)10(9)6-22-7-11(14(19)20-3)15-8(2)16/h9-11H,4-7H2,1-3H3,(H,15,16)/t9-,10+,11+/m1/s1. The van der Waals surface area contributed by atoms with Crippen LogP contribution in [0.4, 0.5) is 0 Å². The number of amides is 1. The molecule has 0 bridgehead atoms. The molecule has 0 aromatic rings. The van der Waals surface area contributed by atoms with Gasteiger partial charge in [-0.1, -0.05) is 0 Å². The number of carbonyl (C=O) groups is 4. The molecule has 0 heterocycles. The Morgan fingerprint density at radius 3 is 2.59 bits per heavy atom. The summed E-state index contributed by atoms with van der Waals surface area (Å²) >= 11 is 1.33. The minimum absolute atomic E-state index is 0.0275. The van der Waals surface area contributed by atoms with E-state index in [1.54, 1.807) is 6.92 Å². The Morgan fingerprint density at radius 2 is 2.09 bits per heavy atom. The molecule has 124 valence electrons. The van der Waals surface area contributed by atoms with Crippen molar-refractivity contribution < 1.29 is 28.7 Å². The molecule has 1 aliphatic carbocycles. The fourth-order valence-corrected chi connectivity index (χ4v) is 3.41. The third-order valence-corrected chi connectivity index (χ3v) is 4.52. The Morgan fingerprint density at radius 1 is 1.41 bits per heavy atom. The summed E-state index contributed by atoms with van der Waals surface area (Å²) in [4.78, 5) is 45.9. The van der Waals surface area contributed by atoms with Gasteiger partial charge in [0.1, 0.15) is 11.8 Å². The van der Waals surface area contributed by atoms with Gasteiger partial charge in [0.05, 0.1) is 19.6 Å². The molecule has 1 aliphatic rings. The third kappa shape index (κ3) is 5.01. The van der Waals surface area contributed by atoms with Crippen LogP contribution in [0.5, 0.6) is 0 Å². The smallest absolute Gasteiger partial charge is 0.329 e. The van der Waals surface area contributed by atoms with Crippen LogP contribution >= 0.6 is 11.8 Å². The second-order valence-corrected chi connectivity index (χ2v) is 6.02. The third-order valence-electron chi connectivity index (χ3n) is 3.35. The first-order chi connectivity index (χ1) is 10.4. The highest BCUT2D eigenvalue weighted by atomic mass is 32.2. The molecule has 0 aliphatic heterocycles. The lowest BCUT2D eigenvalue weighted by Gasteiger charge is -2.32. The zero-order chi connectivity index (χ0) is 16.7. The van der Waals surface area contributed by atoms with Crippen LogP contribution in [-0.4, -0.2) is 54.9 Å². The molecule has 22 heavy (non-hydrogen) atoms. The zero-order valence-corrected chi connectivity index (χ0v) is 13.7. The first kappa shape index (κ1) is 18.5. The maximum atomic E-state index is 11.7. The van der Waals surface area contributed by atoms with Gasteiger partial charge >= 0.3 is 11.9 Å². The van der Waals surface area contributed by atoms with Crippen molar-refractivity contribution in [2.75, 3.05) is 25.2 Å². The van der Waals surface area contributed by atoms with Gasteiger partial charge in [-0.05, 0) is 6.92 Å². The Kier molecular flexibility index (Phi) is 7.37. The molecule has 1 fully saturated rings. The van der Waals surface area contributed by atoms with E-state index < -0.39 is 17.9 Å². The highest BCUT2D eigenvalue weighted by molar-refractivity contribution is 7.99. The SMILES string of the molecule is CCOC(=O)[C@@H]1CC(=O)[C@H]1CSC[C@H](NC(C)=O)C(=O)OC. The number of hydrogen-bond donors (Lipinski definition) is 1. The van der Waals surface area contributed by atoms with Crippen LogP contribution in [-0.2, 0) is 28.7 Å². The van der Waals surface area contributed by atoms with Gasteiger partial charge in [-0.15, -0.1) is 0 Å². The second kappa shape index (κ2) is 8.77. The lowest BCUT2D eigenvalue weighted by molar-refractivity contribution is -0.159. The first-order valence-electron chi connectivity index (χ1n) is 7.02. The van der Waals surface area contributed by atoms with Gasteiger partial charge in [0, 0.05) is 30.8 Å². The van der Waals surface area contributed by atoms with E-state index in [9.17, 15) is 19.2 Å². The van der Waals surface area contributed by atoms with Crippen molar-refractivity contribution in [3.8, 4) is 0 Å². The Balaban J connectivity index is 2.46. The van der Waals surface area contributed by atoms with E-state index in [4.69, 9.17) is 4.74 Å². The molecular formula is C14H21NO6S. The van der Waals surface area contributed by atoms with Crippen LogP contribution in [0.25, 0.3) is 0 Å². The molecule has 1 rings (SSSR count). The number of rotatable bonds is 8. The van der Waals surface area contributed by atoms with E-state index >= 15 is 0 Å². The van der Waals surface area contributed by atoms with Gasteiger partial charge in [-0.2, -0.15) is 11.8 Å². The summed E-state index contributed by atoms with van der Waals surface area (Å²) < 4.78 is 9.54.